The Bertz CT molecular complexity index is 1660. The van der Waals surface area contributed by atoms with Gasteiger partial charge < -0.3 is 25.7 Å². The Morgan fingerprint density at radius 3 is 2.26 bits per heavy atom. The number of amides is 3. The number of likely N-dealkylation sites (tertiary alicyclic amines) is 1. The summed E-state index contributed by atoms with van der Waals surface area (Å²) in [6.45, 7) is 0.414. The highest BCUT2D eigenvalue weighted by Gasteiger charge is 2.43. The van der Waals surface area contributed by atoms with E-state index < -0.39 is 17.2 Å². The van der Waals surface area contributed by atoms with Crippen LogP contribution in [0.1, 0.15) is 28.9 Å². The fourth-order valence-corrected chi connectivity index (χ4v) is 6.17. The number of piperidine rings is 1. The van der Waals surface area contributed by atoms with E-state index in [0.717, 1.165) is 11.1 Å². The number of nitrogens with zero attached hydrogens (tertiary/aromatic N) is 2. The number of nitrogens with two attached hydrogens (primary N) is 2. The lowest BCUT2D eigenvalue weighted by Gasteiger charge is -2.40. The van der Waals surface area contributed by atoms with Gasteiger partial charge in [-0.3, -0.25) is 14.4 Å². The number of rotatable bonds is 8. The van der Waals surface area contributed by atoms with Gasteiger partial charge in [0.25, 0.3) is 11.8 Å². The number of carbonyl (C=O) groups excluding carboxylic acids is 3. The number of carbonyl (C=O) groups is 3. The lowest BCUT2D eigenvalue weighted by molar-refractivity contribution is -0.125. The van der Waals surface area contributed by atoms with Crippen LogP contribution in [0.5, 0.6) is 5.75 Å². The highest BCUT2D eigenvalue weighted by Crippen LogP contribution is 2.42. The molecule has 10 heteroatoms. The molecule has 8 nitrogen and oxygen atoms in total. The summed E-state index contributed by atoms with van der Waals surface area (Å²) in [5.74, 6) is -0.766. The molecule has 4 N–H and O–H groups in total. The smallest absolute Gasteiger partial charge is 0.271 e. The monoisotopic (exact) mass is 604 g/mol. The number of ether oxygens (including phenoxy) is 1. The molecule has 5 rings (SSSR count). The molecule has 42 heavy (non-hydrogen) atoms. The van der Waals surface area contributed by atoms with Gasteiger partial charge in [-0.05, 0) is 48.2 Å². The number of halogens is 2. The van der Waals surface area contributed by atoms with Crippen LogP contribution in [0.15, 0.2) is 79.0 Å². The van der Waals surface area contributed by atoms with Gasteiger partial charge in [-0.2, -0.15) is 0 Å². The van der Waals surface area contributed by atoms with Crippen molar-refractivity contribution in [2.75, 3.05) is 19.7 Å². The van der Waals surface area contributed by atoms with Crippen LogP contribution in [-0.4, -0.2) is 46.9 Å². The van der Waals surface area contributed by atoms with E-state index in [9.17, 15) is 14.4 Å². The summed E-state index contributed by atoms with van der Waals surface area (Å²) in [6, 6.07) is 21.8. The zero-order chi connectivity index (χ0) is 30.0. The summed E-state index contributed by atoms with van der Waals surface area (Å²) in [4.78, 5) is 40.0. The topological polar surface area (TPSA) is 121 Å². The average molecular weight is 606 g/mol. The van der Waals surface area contributed by atoms with E-state index in [0.29, 0.717) is 64.1 Å². The SMILES string of the molecule is Cn1cc(-c2ccc(Cl)cc2Cl)c(-c2cccc(OCC(N)=O)c2)c1C(=O)N1CCC(C(N)=O)(c2ccccc2)CC1. The first-order valence-electron chi connectivity index (χ1n) is 13.4. The van der Waals surface area contributed by atoms with Crippen molar-refractivity contribution in [3.8, 4) is 28.0 Å². The maximum Gasteiger partial charge on any atom is 0.271 e. The fourth-order valence-electron chi connectivity index (χ4n) is 5.66. The van der Waals surface area contributed by atoms with Crippen molar-refractivity contribution in [3.05, 3.63) is 100 Å². The third-order valence-electron chi connectivity index (χ3n) is 7.81. The zero-order valence-corrected chi connectivity index (χ0v) is 24.5. The first-order chi connectivity index (χ1) is 20.1. The van der Waals surface area contributed by atoms with Crippen LogP contribution in [0.3, 0.4) is 0 Å². The normalized spacial score (nSPS) is 14.4. The van der Waals surface area contributed by atoms with Crippen LogP contribution < -0.4 is 16.2 Å². The van der Waals surface area contributed by atoms with E-state index >= 15 is 0 Å². The minimum atomic E-state index is -0.844. The first kappa shape index (κ1) is 29.2. The van der Waals surface area contributed by atoms with E-state index in [4.69, 9.17) is 39.4 Å². The lowest BCUT2D eigenvalue weighted by atomic mass is 9.72. The van der Waals surface area contributed by atoms with Crippen molar-refractivity contribution in [2.45, 2.75) is 18.3 Å². The van der Waals surface area contributed by atoms with Crippen molar-refractivity contribution in [1.29, 1.82) is 0 Å². The molecule has 216 valence electrons. The molecular weight excluding hydrogens is 575 g/mol. The van der Waals surface area contributed by atoms with Crippen LogP contribution in [-0.2, 0) is 22.1 Å². The molecular formula is C32H30Cl2N4O4. The number of hydrogen-bond donors (Lipinski definition) is 2. The van der Waals surface area contributed by atoms with Crippen molar-refractivity contribution in [3.63, 3.8) is 0 Å². The molecule has 0 spiro atoms. The highest BCUT2D eigenvalue weighted by molar-refractivity contribution is 6.36. The number of aryl methyl sites for hydroxylation is 1. The fraction of sp³-hybridized carbons (Fsp3) is 0.219. The minimum absolute atomic E-state index is 0.196. The van der Waals surface area contributed by atoms with Crippen LogP contribution in [0, 0.1) is 0 Å². The van der Waals surface area contributed by atoms with Gasteiger partial charge in [0.05, 0.1) is 5.41 Å². The van der Waals surface area contributed by atoms with Crippen LogP contribution in [0.4, 0.5) is 0 Å². The van der Waals surface area contributed by atoms with Gasteiger partial charge in [0.1, 0.15) is 11.4 Å². The van der Waals surface area contributed by atoms with Crippen LogP contribution in [0.2, 0.25) is 10.0 Å². The summed E-state index contributed by atoms with van der Waals surface area (Å²) >= 11 is 12.8. The molecule has 1 aliphatic rings. The Kier molecular flexibility index (Phi) is 8.29. The summed E-state index contributed by atoms with van der Waals surface area (Å²) in [7, 11) is 1.80. The maximum absolute atomic E-state index is 14.3. The third-order valence-corrected chi connectivity index (χ3v) is 8.36. The number of benzene rings is 3. The number of hydrogen-bond acceptors (Lipinski definition) is 4. The largest absolute Gasteiger partial charge is 0.484 e. The first-order valence-corrected chi connectivity index (χ1v) is 14.2. The van der Waals surface area contributed by atoms with E-state index in [2.05, 4.69) is 0 Å². The predicted octanol–water partition coefficient (Wildman–Crippen LogP) is 5.19. The van der Waals surface area contributed by atoms with Gasteiger partial charge in [0.15, 0.2) is 6.61 Å². The number of aromatic nitrogens is 1. The third kappa shape index (κ3) is 5.60. The molecule has 3 aromatic carbocycles. The van der Waals surface area contributed by atoms with Crippen LogP contribution in [0.25, 0.3) is 22.3 Å². The van der Waals surface area contributed by atoms with E-state index in [-0.39, 0.29) is 12.5 Å². The maximum atomic E-state index is 14.3. The quantitative estimate of drug-likeness (QED) is 0.287. The van der Waals surface area contributed by atoms with Gasteiger partial charge in [-0.25, -0.2) is 0 Å². The summed E-state index contributed by atoms with van der Waals surface area (Å²) < 4.78 is 7.34. The van der Waals surface area contributed by atoms with Crippen molar-refractivity contribution >= 4 is 40.9 Å². The van der Waals surface area contributed by atoms with E-state index in [1.54, 1.807) is 46.8 Å². The van der Waals surface area contributed by atoms with Gasteiger partial charge >= 0.3 is 0 Å². The van der Waals surface area contributed by atoms with Crippen LogP contribution >= 0.6 is 23.2 Å². The highest BCUT2D eigenvalue weighted by atomic mass is 35.5. The Hall–Kier alpha value is -4.27. The molecule has 2 heterocycles. The molecule has 4 aromatic rings. The molecule has 1 aromatic heterocycles. The average Bonchev–Trinajstić information content (AvgIpc) is 3.32. The molecule has 1 aliphatic heterocycles. The van der Waals surface area contributed by atoms with E-state index in [1.807, 2.05) is 48.7 Å². The Balaban J connectivity index is 1.56. The summed E-state index contributed by atoms with van der Waals surface area (Å²) in [5, 5.41) is 0.922. The van der Waals surface area contributed by atoms with Gasteiger partial charge in [0, 0.05) is 53.1 Å². The second-order valence-corrected chi connectivity index (χ2v) is 11.2. The summed E-state index contributed by atoms with van der Waals surface area (Å²) in [6.07, 6.45) is 2.67. The van der Waals surface area contributed by atoms with Gasteiger partial charge in [0.2, 0.25) is 5.91 Å². The van der Waals surface area contributed by atoms with Crippen molar-refractivity contribution in [1.82, 2.24) is 9.47 Å². The lowest BCUT2D eigenvalue weighted by Crippen LogP contribution is -2.51. The molecule has 0 aliphatic carbocycles. The Morgan fingerprint density at radius 1 is 0.905 bits per heavy atom. The van der Waals surface area contributed by atoms with Gasteiger partial charge in [-0.15, -0.1) is 0 Å². The molecule has 0 radical (unpaired) electrons. The summed E-state index contributed by atoms with van der Waals surface area (Å²) in [5.41, 5.74) is 14.4. The molecule has 0 saturated carbocycles. The molecule has 3 amide bonds. The second-order valence-electron chi connectivity index (χ2n) is 10.4. The molecule has 0 atom stereocenters. The Morgan fingerprint density at radius 2 is 1.62 bits per heavy atom. The predicted molar refractivity (Wildman–Crippen MR) is 163 cm³/mol. The molecule has 1 saturated heterocycles. The second kappa shape index (κ2) is 11.9. The van der Waals surface area contributed by atoms with Crippen molar-refractivity contribution < 1.29 is 19.1 Å². The minimum Gasteiger partial charge on any atom is -0.484 e. The Labute approximate surface area is 253 Å². The standard InChI is InChI=1S/C32H30Cl2N4O4/c1-37-18-25(24-11-10-22(33)17-26(24)34)28(20-6-5-9-23(16-20)42-19-27(35)39)29(37)30(40)38-14-12-32(13-15-38,31(36)41)21-7-3-2-4-8-21/h2-11,16-18H,12-15,19H2,1H3,(H2,35,39)(H2,36,41). The van der Waals surface area contributed by atoms with Crippen molar-refractivity contribution in [2.24, 2.45) is 18.5 Å². The molecule has 1 fully saturated rings. The number of primary amides is 2. The molecule has 0 unspecified atom stereocenters. The molecule has 0 bridgehead atoms. The van der Waals surface area contributed by atoms with Gasteiger partial charge in [-0.1, -0.05) is 71.7 Å². The van der Waals surface area contributed by atoms with E-state index in [1.165, 1.54) is 0 Å². The zero-order valence-electron chi connectivity index (χ0n) is 23.0.